The van der Waals surface area contributed by atoms with Crippen molar-refractivity contribution < 1.29 is 2.85 Å². The van der Waals surface area contributed by atoms with Crippen LogP contribution in [0, 0.1) is 16.9 Å². The zero-order valence-corrected chi connectivity index (χ0v) is 10.2. The van der Waals surface area contributed by atoms with Gasteiger partial charge in [0.25, 0.3) is 0 Å². The van der Waals surface area contributed by atoms with E-state index in [1.165, 1.54) is 12.8 Å². The van der Waals surface area contributed by atoms with Crippen LogP contribution in [0.5, 0.6) is 0 Å². The molecule has 0 aliphatic heterocycles. The number of hydrogen-bond donors (Lipinski definition) is 2. The molecule has 0 saturated carbocycles. The van der Waals surface area contributed by atoms with Crippen LogP contribution in [0.25, 0.3) is 0 Å². The minimum Gasteiger partial charge on any atom is -0.356 e. The number of aliphatic imine (C=N–C) groups is 1. The van der Waals surface area contributed by atoms with Gasteiger partial charge in [-0.2, -0.15) is 5.26 Å². The van der Waals surface area contributed by atoms with Crippen LogP contribution in [-0.4, -0.2) is 19.6 Å². The van der Waals surface area contributed by atoms with E-state index in [1.807, 2.05) is 6.19 Å². The molecule has 0 bridgehead atoms. The van der Waals surface area contributed by atoms with Crippen molar-refractivity contribution in [3.8, 4) is 6.19 Å². The van der Waals surface area contributed by atoms with Crippen LogP contribution in [0.1, 0.15) is 50.3 Å². The quantitative estimate of drug-likeness (QED) is 0.257. The van der Waals surface area contributed by atoms with Crippen molar-refractivity contribution in [2.45, 2.75) is 47.5 Å². The predicted molar refractivity (Wildman–Crippen MR) is 74.4 cm³/mol. The van der Waals surface area contributed by atoms with Gasteiger partial charge in [0.2, 0.25) is 5.96 Å². The first-order chi connectivity index (χ1) is 6.99. The number of hydrogen-bond acceptors (Lipinski definition) is 2. The Labute approximate surface area is 103 Å². The fourth-order valence-electron chi connectivity index (χ4n) is 1.22. The van der Waals surface area contributed by atoms with E-state index >= 15 is 0 Å². The minimum atomic E-state index is 0. The van der Waals surface area contributed by atoms with E-state index < -0.39 is 0 Å². The molecule has 16 heavy (non-hydrogen) atoms. The van der Waals surface area contributed by atoms with Crippen LogP contribution < -0.4 is 10.6 Å². The molecule has 0 aromatic rings. The Hall–Kier alpha value is -1.24. The van der Waals surface area contributed by atoms with Gasteiger partial charge in [-0.05, 0) is 18.3 Å². The molecule has 0 aromatic heterocycles. The van der Waals surface area contributed by atoms with Crippen LogP contribution >= 0.6 is 0 Å². The second kappa shape index (κ2) is 9.02. The smallest absolute Gasteiger partial charge is 0.204 e. The Kier molecular flexibility index (Phi) is 9.68. The summed E-state index contributed by atoms with van der Waals surface area (Å²) in [6, 6.07) is 0. The topological polar surface area (TPSA) is 60.2 Å². The van der Waals surface area contributed by atoms with Crippen LogP contribution in [0.2, 0.25) is 0 Å². The Morgan fingerprint density at radius 2 is 2.00 bits per heavy atom. The lowest BCUT2D eigenvalue weighted by atomic mass is 9.90. The molecule has 0 atom stereocenters. The van der Waals surface area contributed by atoms with E-state index in [1.54, 1.807) is 7.05 Å². The molecule has 0 aromatic carbocycles. The van der Waals surface area contributed by atoms with Gasteiger partial charge in [0.1, 0.15) is 0 Å². The van der Waals surface area contributed by atoms with Crippen molar-refractivity contribution in [1.82, 2.24) is 10.6 Å². The zero-order valence-electron chi connectivity index (χ0n) is 10.2. The summed E-state index contributed by atoms with van der Waals surface area (Å²) in [6.07, 6.45) is 5.36. The molecular weight excluding hydrogens is 200 g/mol. The molecule has 0 unspecified atom stereocenters. The molecule has 4 heteroatoms. The van der Waals surface area contributed by atoms with Crippen LogP contribution in [-0.2, 0) is 0 Å². The Balaban J connectivity index is -0.000000327. The minimum absolute atomic E-state index is 0. The third-order valence-corrected chi connectivity index (χ3v) is 2.04. The number of nitrogens with zero attached hydrogens (tertiary/aromatic N) is 2. The first-order valence-electron chi connectivity index (χ1n) is 5.35. The van der Waals surface area contributed by atoms with Gasteiger partial charge in [0.05, 0.1) is 0 Å². The normalized spacial score (nSPS) is 11.3. The monoisotopic (exact) mass is 230 g/mol. The van der Waals surface area contributed by atoms with E-state index in [-0.39, 0.29) is 10.3 Å². The summed E-state index contributed by atoms with van der Waals surface area (Å²) in [4.78, 5) is 3.90. The molecule has 4 nitrogen and oxygen atoms in total. The second-order valence-corrected chi connectivity index (χ2v) is 4.75. The summed E-state index contributed by atoms with van der Waals surface area (Å²) >= 11 is 0. The number of nitriles is 1. The standard InChI is InChI=1S/C11H22N4.CH4.2H2/c1-11(2,3)7-5-6-8-14-10(13-4)15-9-12;;;/h5-8H2,1-4H3,(H2,13,14,15);1H4;2*1H. The van der Waals surface area contributed by atoms with Gasteiger partial charge in [0, 0.05) is 16.4 Å². The first kappa shape index (κ1) is 17.2. The summed E-state index contributed by atoms with van der Waals surface area (Å²) in [5.41, 5.74) is 0.409. The van der Waals surface area contributed by atoms with Crippen LogP contribution in [0.3, 0.4) is 0 Å². The van der Waals surface area contributed by atoms with Crippen molar-refractivity contribution in [1.29, 1.82) is 5.26 Å². The molecule has 0 heterocycles. The highest BCUT2D eigenvalue weighted by Gasteiger charge is 2.08. The third-order valence-electron chi connectivity index (χ3n) is 2.04. The van der Waals surface area contributed by atoms with E-state index in [2.05, 4.69) is 36.4 Å². The van der Waals surface area contributed by atoms with Crippen LogP contribution in [0.15, 0.2) is 4.99 Å². The maximum Gasteiger partial charge on any atom is 0.204 e. The zero-order chi connectivity index (χ0) is 11.7. The average molecular weight is 230 g/mol. The lowest BCUT2D eigenvalue weighted by Gasteiger charge is -2.17. The first-order valence-corrected chi connectivity index (χ1v) is 5.35. The number of rotatable bonds is 4. The summed E-state index contributed by atoms with van der Waals surface area (Å²) in [7, 11) is 1.65. The van der Waals surface area contributed by atoms with Gasteiger partial charge in [-0.3, -0.25) is 10.3 Å². The second-order valence-electron chi connectivity index (χ2n) is 4.75. The third kappa shape index (κ3) is 10.8. The molecule has 0 aliphatic carbocycles. The number of guanidine groups is 1. The maximum atomic E-state index is 8.40. The molecule has 98 valence electrons. The van der Waals surface area contributed by atoms with Crippen LogP contribution in [0.4, 0.5) is 0 Å². The average Bonchev–Trinajstić information content (AvgIpc) is 2.14. The van der Waals surface area contributed by atoms with Crippen molar-refractivity contribution in [3.05, 3.63) is 0 Å². The van der Waals surface area contributed by atoms with Gasteiger partial charge in [0.15, 0.2) is 6.19 Å². The summed E-state index contributed by atoms with van der Waals surface area (Å²) in [5, 5.41) is 14.0. The van der Waals surface area contributed by atoms with Gasteiger partial charge < -0.3 is 5.32 Å². The lowest BCUT2D eigenvalue weighted by molar-refractivity contribution is 0.360. The number of nitrogens with one attached hydrogen (secondary N) is 2. The molecule has 0 saturated heterocycles. The molecule has 2 N–H and O–H groups in total. The molecule has 0 radical (unpaired) electrons. The molecule has 0 fully saturated rings. The van der Waals surface area contributed by atoms with Crippen molar-refractivity contribution >= 4 is 5.96 Å². The SMILES string of the molecule is C.CN=C(NC#N)NCCCCC(C)(C)C.[HH].[HH]. The van der Waals surface area contributed by atoms with Gasteiger partial charge >= 0.3 is 0 Å². The van der Waals surface area contributed by atoms with Crippen molar-refractivity contribution in [2.24, 2.45) is 10.4 Å². The molecular formula is C12H30N4. The highest BCUT2D eigenvalue weighted by atomic mass is 15.2. The van der Waals surface area contributed by atoms with Crippen molar-refractivity contribution in [3.63, 3.8) is 0 Å². The summed E-state index contributed by atoms with van der Waals surface area (Å²) in [6.45, 7) is 7.60. The van der Waals surface area contributed by atoms with E-state index in [0.717, 1.165) is 13.0 Å². The fourth-order valence-corrected chi connectivity index (χ4v) is 1.22. The molecule has 0 rings (SSSR count). The maximum absolute atomic E-state index is 8.40. The van der Waals surface area contributed by atoms with Crippen molar-refractivity contribution in [2.75, 3.05) is 13.6 Å². The number of unbranched alkanes of at least 4 members (excludes halogenated alkanes) is 1. The van der Waals surface area contributed by atoms with E-state index in [0.29, 0.717) is 11.4 Å². The van der Waals surface area contributed by atoms with Gasteiger partial charge in [-0.1, -0.05) is 34.6 Å². The highest BCUT2D eigenvalue weighted by molar-refractivity contribution is 5.80. The summed E-state index contributed by atoms with van der Waals surface area (Å²) < 4.78 is 0. The largest absolute Gasteiger partial charge is 0.356 e. The Morgan fingerprint density at radius 3 is 2.44 bits per heavy atom. The van der Waals surface area contributed by atoms with E-state index in [9.17, 15) is 0 Å². The highest BCUT2D eigenvalue weighted by Crippen LogP contribution is 2.20. The Morgan fingerprint density at radius 1 is 1.38 bits per heavy atom. The molecule has 0 aliphatic rings. The lowest BCUT2D eigenvalue weighted by Crippen LogP contribution is -2.34. The van der Waals surface area contributed by atoms with Gasteiger partial charge in [-0.15, -0.1) is 0 Å². The fraction of sp³-hybridized carbons (Fsp3) is 0.833. The van der Waals surface area contributed by atoms with E-state index in [4.69, 9.17) is 5.26 Å². The molecule has 0 spiro atoms. The molecule has 0 amide bonds. The Bertz CT molecular complexity index is 241. The predicted octanol–water partition coefficient (Wildman–Crippen LogP) is 2.98. The van der Waals surface area contributed by atoms with Gasteiger partial charge in [-0.25, -0.2) is 0 Å². The summed E-state index contributed by atoms with van der Waals surface area (Å²) in [5.74, 6) is 0.549.